The van der Waals surface area contributed by atoms with Crippen molar-refractivity contribution >= 4 is 12.3 Å². The minimum Gasteiger partial charge on any atom is -0.493 e. The topological polar surface area (TPSA) is 52.6 Å². The Morgan fingerprint density at radius 2 is 2.12 bits per heavy atom. The first kappa shape index (κ1) is 13.2. The number of benzene rings is 1. The molecule has 0 bridgehead atoms. The molecule has 4 heteroatoms. The third-order valence-corrected chi connectivity index (χ3v) is 2.13. The SMILES string of the molecule is CCC[CH]C(=O)Oc1ccc(C=O)cc1OC. The smallest absolute Gasteiger partial charge is 0.315 e. The van der Waals surface area contributed by atoms with E-state index in [-0.39, 0.29) is 0 Å². The summed E-state index contributed by atoms with van der Waals surface area (Å²) in [5.41, 5.74) is 0.471. The summed E-state index contributed by atoms with van der Waals surface area (Å²) in [4.78, 5) is 22.0. The van der Waals surface area contributed by atoms with Crippen LogP contribution >= 0.6 is 0 Å². The number of methoxy groups -OCH3 is 1. The van der Waals surface area contributed by atoms with Crippen LogP contribution in [0.3, 0.4) is 0 Å². The van der Waals surface area contributed by atoms with E-state index in [1.165, 1.54) is 19.6 Å². The van der Waals surface area contributed by atoms with E-state index in [0.717, 1.165) is 6.42 Å². The molecule has 91 valence electrons. The minimum absolute atomic E-state index is 0.315. The van der Waals surface area contributed by atoms with Crippen LogP contribution in [0.2, 0.25) is 0 Å². The summed E-state index contributed by atoms with van der Waals surface area (Å²) in [5, 5.41) is 0. The van der Waals surface area contributed by atoms with E-state index in [4.69, 9.17) is 9.47 Å². The van der Waals surface area contributed by atoms with Crippen LogP contribution in [-0.4, -0.2) is 19.4 Å². The summed E-state index contributed by atoms with van der Waals surface area (Å²) >= 11 is 0. The monoisotopic (exact) mass is 235 g/mol. The molecule has 1 aromatic carbocycles. The van der Waals surface area contributed by atoms with E-state index in [2.05, 4.69) is 0 Å². The fourth-order valence-corrected chi connectivity index (χ4v) is 1.25. The summed E-state index contributed by atoms with van der Waals surface area (Å²) in [6, 6.07) is 4.63. The fraction of sp³-hybridized carbons (Fsp3) is 0.308. The average Bonchev–Trinajstić information content (AvgIpc) is 2.36. The van der Waals surface area contributed by atoms with Crippen molar-refractivity contribution in [3.63, 3.8) is 0 Å². The highest BCUT2D eigenvalue weighted by Crippen LogP contribution is 2.27. The van der Waals surface area contributed by atoms with E-state index in [1.807, 2.05) is 6.92 Å². The number of carbonyl (C=O) groups is 2. The van der Waals surface area contributed by atoms with Crippen LogP contribution in [0.5, 0.6) is 11.5 Å². The van der Waals surface area contributed by atoms with Crippen molar-refractivity contribution in [1.82, 2.24) is 0 Å². The normalized spacial score (nSPS) is 9.76. The Balaban J connectivity index is 2.76. The second-order valence-electron chi connectivity index (χ2n) is 3.44. The molecule has 0 aliphatic heterocycles. The molecular weight excluding hydrogens is 220 g/mol. The molecule has 0 N–H and O–H groups in total. The van der Waals surface area contributed by atoms with Gasteiger partial charge in [-0.05, 0) is 24.6 Å². The first-order valence-corrected chi connectivity index (χ1v) is 5.39. The van der Waals surface area contributed by atoms with Crippen LogP contribution in [-0.2, 0) is 4.79 Å². The average molecular weight is 235 g/mol. The van der Waals surface area contributed by atoms with Gasteiger partial charge >= 0.3 is 5.97 Å². The lowest BCUT2D eigenvalue weighted by atomic mass is 10.2. The van der Waals surface area contributed by atoms with Gasteiger partial charge in [-0.15, -0.1) is 0 Å². The van der Waals surface area contributed by atoms with Gasteiger partial charge in [-0.2, -0.15) is 0 Å². The Labute approximate surface area is 101 Å². The molecular formula is C13H15O4. The van der Waals surface area contributed by atoms with Crippen LogP contribution in [0.1, 0.15) is 30.1 Å². The molecule has 0 aliphatic carbocycles. The third-order valence-electron chi connectivity index (χ3n) is 2.13. The van der Waals surface area contributed by atoms with Crippen molar-refractivity contribution in [2.45, 2.75) is 19.8 Å². The summed E-state index contributed by atoms with van der Waals surface area (Å²) in [5.74, 6) is 0.271. The van der Waals surface area contributed by atoms with Crippen LogP contribution in [0.15, 0.2) is 18.2 Å². The van der Waals surface area contributed by atoms with Crippen molar-refractivity contribution in [3.8, 4) is 11.5 Å². The Morgan fingerprint density at radius 3 is 2.71 bits per heavy atom. The van der Waals surface area contributed by atoms with Gasteiger partial charge in [0.05, 0.1) is 13.5 Å². The van der Waals surface area contributed by atoms with Gasteiger partial charge in [-0.3, -0.25) is 9.59 Å². The molecule has 4 nitrogen and oxygen atoms in total. The van der Waals surface area contributed by atoms with Crippen LogP contribution in [0.4, 0.5) is 0 Å². The molecule has 0 aromatic heterocycles. The highest BCUT2D eigenvalue weighted by molar-refractivity contribution is 5.82. The molecule has 0 fully saturated rings. The highest BCUT2D eigenvalue weighted by Gasteiger charge is 2.10. The lowest BCUT2D eigenvalue weighted by Crippen LogP contribution is -2.09. The van der Waals surface area contributed by atoms with E-state index in [9.17, 15) is 9.59 Å². The Bertz CT molecular complexity index is 398. The first-order valence-electron chi connectivity index (χ1n) is 5.39. The predicted molar refractivity (Wildman–Crippen MR) is 63.2 cm³/mol. The maximum Gasteiger partial charge on any atom is 0.315 e. The number of ether oxygens (including phenoxy) is 2. The maximum atomic E-state index is 11.4. The van der Waals surface area contributed by atoms with E-state index < -0.39 is 5.97 Å². The van der Waals surface area contributed by atoms with Crippen LogP contribution in [0.25, 0.3) is 0 Å². The van der Waals surface area contributed by atoms with Gasteiger partial charge in [0.2, 0.25) is 0 Å². The summed E-state index contributed by atoms with van der Waals surface area (Å²) in [7, 11) is 1.46. The van der Waals surface area contributed by atoms with Gasteiger partial charge in [-0.25, -0.2) is 0 Å². The number of aldehydes is 1. The van der Waals surface area contributed by atoms with Gasteiger partial charge in [-0.1, -0.05) is 13.3 Å². The van der Waals surface area contributed by atoms with Crippen molar-refractivity contribution in [2.75, 3.05) is 7.11 Å². The molecule has 1 rings (SSSR count). The van der Waals surface area contributed by atoms with Gasteiger partial charge in [0, 0.05) is 5.56 Å². The molecule has 0 aliphatic rings. The third kappa shape index (κ3) is 3.90. The Morgan fingerprint density at radius 1 is 1.35 bits per heavy atom. The van der Waals surface area contributed by atoms with E-state index in [0.29, 0.717) is 29.8 Å². The van der Waals surface area contributed by atoms with E-state index >= 15 is 0 Å². The van der Waals surface area contributed by atoms with Crippen LogP contribution in [0, 0.1) is 6.42 Å². The minimum atomic E-state index is -0.413. The molecule has 1 radical (unpaired) electrons. The Kier molecular flexibility index (Phi) is 5.20. The van der Waals surface area contributed by atoms with Crippen molar-refractivity contribution < 1.29 is 19.1 Å². The Hall–Kier alpha value is -1.84. The van der Waals surface area contributed by atoms with Crippen molar-refractivity contribution in [2.24, 2.45) is 0 Å². The molecule has 17 heavy (non-hydrogen) atoms. The predicted octanol–water partition coefficient (Wildman–Crippen LogP) is 2.42. The molecule has 0 saturated carbocycles. The molecule has 1 aromatic rings. The maximum absolute atomic E-state index is 11.4. The second-order valence-corrected chi connectivity index (χ2v) is 3.44. The zero-order valence-corrected chi connectivity index (χ0v) is 9.93. The summed E-state index contributed by atoms with van der Waals surface area (Å²) in [6.07, 6.45) is 3.74. The molecule has 0 atom stereocenters. The highest BCUT2D eigenvalue weighted by atomic mass is 16.6. The number of hydrogen-bond acceptors (Lipinski definition) is 4. The quantitative estimate of drug-likeness (QED) is 0.431. The molecule has 0 saturated heterocycles. The number of carbonyl (C=O) groups excluding carboxylic acids is 2. The lowest BCUT2D eigenvalue weighted by Gasteiger charge is -2.09. The summed E-state index contributed by atoms with van der Waals surface area (Å²) < 4.78 is 10.1. The van der Waals surface area contributed by atoms with Crippen molar-refractivity contribution in [3.05, 3.63) is 30.2 Å². The number of unbranched alkanes of at least 4 members (excludes halogenated alkanes) is 1. The second kappa shape index (κ2) is 6.68. The van der Waals surface area contributed by atoms with Crippen LogP contribution < -0.4 is 9.47 Å². The largest absolute Gasteiger partial charge is 0.493 e. The lowest BCUT2D eigenvalue weighted by molar-refractivity contribution is -0.130. The van der Waals surface area contributed by atoms with Gasteiger partial charge in [0.15, 0.2) is 11.5 Å². The van der Waals surface area contributed by atoms with Gasteiger partial charge in [0.1, 0.15) is 6.29 Å². The first-order chi connectivity index (χ1) is 8.21. The van der Waals surface area contributed by atoms with Crippen molar-refractivity contribution in [1.29, 1.82) is 0 Å². The summed E-state index contributed by atoms with van der Waals surface area (Å²) in [6.45, 7) is 1.98. The van der Waals surface area contributed by atoms with Gasteiger partial charge < -0.3 is 9.47 Å². The zero-order valence-electron chi connectivity index (χ0n) is 9.93. The molecule has 0 spiro atoms. The molecule has 0 heterocycles. The number of esters is 1. The zero-order chi connectivity index (χ0) is 12.7. The standard InChI is InChI=1S/C13H15O4/c1-3-4-5-13(15)17-11-7-6-10(9-14)8-12(11)16-2/h5-9H,3-4H2,1-2H3. The molecule has 0 unspecified atom stereocenters. The fourth-order valence-electron chi connectivity index (χ4n) is 1.25. The van der Waals surface area contributed by atoms with E-state index in [1.54, 1.807) is 12.1 Å². The number of rotatable bonds is 6. The van der Waals surface area contributed by atoms with Gasteiger partial charge in [0.25, 0.3) is 0 Å². The molecule has 0 amide bonds. The number of hydrogen-bond donors (Lipinski definition) is 0.